The number of Topliss-reactive ketones (excluding diaryl/α,β-unsaturated/α-hetero) is 1. The Morgan fingerprint density at radius 3 is 2.63 bits per heavy atom. The number of pyridine rings is 1. The molecule has 0 spiro atoms. The molecule has 1 fully saturated rings. The van der Waals surface area contributed by atoms with Crippen molar-refractivity contribution in [3.8, 4) is 0 Å². The van der Waals surface area contributed by atoms with E-state index in [-0.39, 0.29) is 23.0 Å². The van der Waals surface area contributed by atoms with E-state index >= 15 is 0 Å². The van der Waals surface area contributed by atoms with Crippen LogP contribution in [0.4, 0.5) is 0 Å². The van der Waals surface area contributed by atoms with Crippen LogP contribution in [0.15, 0.2) is 42.5 Å². The summed E-state index contributed by atoms with van der Waals surface area (Å²) in [6, 6.07) is 13.4. The van der Waals surface area contributed by atoms with Crippen molar-refractivity contribution in [2.45, 2.75) is 63.9 Å². The molecule has 1 atom stereocenters. The number of benzene rings is 1. The van der Waals surface area contributed by atoms with Crippen LogP contribution in [0.1, 0.15) is 84.0 Å². The van der Waals surface area contributed by atoms with E-state index in [0.717, 1.165) is 50.0 Å². The van der Waals surface area contributed by atoms with Gasteiger partial charge >= 0.3 is 0 Å². The molecule has 2 aromatic rings. The van der Waals surface area contributed by atoms with Crippen molar-refractivity contribution in [2.75, 3.05) is 13.7 Å². The molecule has 1 amide bonds. The van der Waals surface area contributed by atoms with Crippen LogP contribution in [0.3, 0.4) is 0 Å². The molecule has 1 saturated heterocycles. The first kappa shape index (κ1) is 22.2. The number of rotatable bonds is 9. The number of ketones is 1. The van der Waals surface area contributed by atoms with Gasteiger partial charge < -0.3 is 10.1 Å². The van der Waals surface area contributed by atoms with Gasteiger partial charge in [-0.3, -0.25) is 9.59 Å². The molecule has 0 radical (unpaired) electrons. The second-order valence-electron chi connectivity index (χ2n) is 8.36. The van der Waals surface area contributed by atoms with E-state index in [2.05, 4.69) is 17.2 Å². The van der Waals surface area contributed by atoms with Crippen LogP contribution in [-0.2, 0) is 11.2 Å². The number of unbranched alkanes of at least 4 members (excludes halogenated alkanes) is 1. The minimum Gasteiger partial charge on any atom is -0.375 e. The lowest BCUT2D eigenvalue weighted by atomic mass is 9.90. The molecule has 2 heterocycles. The Morgan fingerprint density at radius 2 is 1.93 bits per heavy atom. The summed E-state index contributed by atoms with van der Waals surface area (Å²) in [4.78, 5) is 29.5. The summed E-state index contributed by atoms with van der Waals surface area (Å²) in [6.45, 7) is 3.03. The molecular weight excluding hydrogens is 376 g/mol. The van der Waals surface area contributed by atoms with E-state index < -0.39 is 0 Å². The SMILES string of the molecule is CNC(=O)c1cc(C(=O)CCCCC2(C)CCCCO2)cc(Cc2ccccc2)n1. The van der Waals surface area contributed by atoms with E-state index in [1.165, 1.54) is 6.42 Å². The Kier molecular flexibility index (Phi) is 7.75. The van der Waals surface area contributed by atoms with Gasteiger partial charge in [-0.25, -0.2) is 4.98 Å². The van der Waals surface area contributed by atoms with E-state index in [9.17, 15) is 9.59 Å². The van der Waals surface area contributed by atoms with Gasteiger partial charge in [-0.15, -0.1) is 0 Å². The number of nitrogens with one attached hydrogen (secondary N) is 1. The summed E-state index contributed by atoms with van der Waals surface area (Å²) in [5, 5.41) is 2.60. The molecule has 0 aliphatic carbocycles. The van der Waals surface area contributed by atoms with Crippen LogP contribution in [-0.4, -0.2) is 35.9 Å². The highest BCUT2D eigenvalue weighted by molar-refractivity contribution is 5.99. The van der Waals surface area contributed by atoms with Gasteiger partial charge in [0.05, 0.1) is 5.60 Å². The number of carbonyl (C=O) groups excluding carboxylic acids is 2. The van der Waals surface area contributed by atoms with Gasteiger partial charge in [0.25, 0.3) is 5.91 Å². The number of amides is 1. The molecule has 1 aliphatic rings. The minimum atomic E-state index is -0.277. The monoisotopic (exact) mass is 408 g/mol. The Labute approximate surface area is 179 Å². The molecule has 1 aromatic heterocycles. The lowest BCUT2D eigenvalue weighted by molar-refractivity contribution is -0.0712. The van der Waals surface area contributed by atoms with Gasteiger partial charge in [0.2, 0.25) is 0 Å². The van der Waals surface area contributed by atoms with Crippen molar-refractivity contribution in [2.24, 2.45) is 0 Å². The smallest absolute Gasteiger partial charge is 0.269 e. The topological polar surface area (TPSA) is 68.3 Å². The highest BCUT2D eigenvalue weighted by Gasteiger charge is 2.27. The molecule has 5 nitrogen and oxygen atoms in total. The predicted octanol–water partition coefficient (Wildman–Crippen LogP) is 4.73. The fourth-order valence-corrected chi connectivity index (χ4v) is 4.01. The third-order valence-electron chi connectivity index (χ3n) is 5.80. The normalized spacial score (nSPS) is 18.7. The zero-order valence-electron chi connectivity index (χ0n) is 18.1. The second kappa shape index (κ2) is 10.5. The number of aromatic nitrogens is 1. The third-order valence-corrected chi connectivity index (χ3v) is 5.80. The number of nitrogens with zero attached hydrogens (tertiary/aromatic N) is 1. The Balaban J connectivity index is 1.64. The van der Waals surface area contributed by atoms with E-state index in [4.69, 9.17) is 4.74 Å². The van der Waals surface area contributed by atoms with Crippen LogP contribution >= 0.6 is 0 Å². The Bertz CT molecular complexity index is 858. The van der Waals surface area contributed by atoms with E-state index in [1.807, 2.05) is 36.4 Å². The maximum Gasteiger partial charge on any atom is 0.269 e. The van der Waals surface area contributed by atoms with Gasteiger partial charge in [-0.1, -0.05) is 36.8 Å². The summed E-state index contributed by atoms with van der Waals surface area (Å²) in [5.74, 6) is -0.215. The Morgan fingerprint density at radius 1 is 1.13 bits per heavy atom. The molecule has 0 saturated carbocycles. The third kappa shape index (κ3) is 6.23. The average molecular weight is 409 g/mol. The number of hydrogen-bond donors (Lipinski definition) is 1. The van der Waals surface area contributed by atoms with Crippen molar-refractivity contribution in [1.82, 2.24) is 10.3 Å². The first-order valence-electron chi connectivity index (χ1n) is 10.9. The highest BCUT2D eigenvalue weighted by atomic mass is 16.5. The summed E-state index contributed by atoms with van der Waals surface area (Å²) >= 11 is 0. The van der Waals surface area contributed by atoms with Crippen molar-refractivity contribution >= 4 is 11.7 Å². The summed E-state index contributed by atoms with van der Waals surface area (Å²) in [5.41, 5.74) is 2.65. The lowest BCUT2D eigenvalue weighted by Crippen LogP contribution is -2.32. The lowest BCUT2D eigenvalue weighted by Gasteiger charge is -2.34. The van der Waals surface area contributed by atoms with Gasteiger partial charge in [-0.2, -0.15) is 0 Å². The van der Waals surface area contributed by atoms with Crippen molar-refractivity contribution in [3.63, 3.8) is 0 Å². The van der Waals surface area contributed by atoms with Crippen LogP contribution < -0.4 is 5.32 Å². The van der Waals surface area contributed by atoms with Gasteiger partial charge in [-0.05, 0) is 56.7 Å². The number of hydrogen-bond acceptors (Lipinski definition) is 4. The van der Waals surface area contributed by atoms with Crippen molar-refractivity contribution in [1.29, 1.82) is 0 Å². The van der Waals surface area contributed by atoms with Gasteiger partial charge in [0.15, 0.2) is 5.78 Å². The van der Waals surface area contributed by atoms with Crippen LogP contribution in [0.5, 0.6) is 0 Å². The van der Waals surface area contributed by atoms with Crippen LogP contribution in [0, 0.1) is 0 Å². The summed E-state index contributed by atoms with van der Waals surface area (Å²) < 4.78 is 5.95. The largest absolute Gasteiger partial charge is 0.375 e. The second-order valence-corrected chi connectivity index (χ2v) is 8.36. The molecule has 30 heavy (non-hydrogen) atoms. The Hall–Kier alpha value is -2.53. The van der Waals surface area contributed by atoms with Crippen molar-refractivity contribution < 1.29 is 14.3 Å². The molecule has 3 rings (SSSR count). The van der Waals surface area contributed by atoms with Gasteiger partial charge in [0.1, 0.15) is 5.69 Å². The number of carbonyl (C=O) groups is 2. The molecule has 1 aliphatic heterocycles. The highest BCUT2D eigenvalue weighted by Crippen LogP contribution is 2.29. The van der Waals surface area contributed by atoms with Crippen LogP contribution in [0.2, 0.25) is 0 Å². The maximum absolute atomic E-state index is 12.9. The van der Waals surface area contributed by atoms with E-state index in [1.54, 1.807) is 13.1 Å². The molecule has 0 bridgehead atoms. The van der Waals surface area contributed by atoms with E-state index in [0.29, 0.717) is 18.4 Å². The first-order chi connectivity index (χ1) is 14.5. The molecule has 1 N–H and O–H groups in total. The molecule has 160 valence electrons. The fourth-order valence-electron chi connectivity index (χ4n) is 4.01. The summed E-state index contributed by atoms with van der Waals surface area (Å²) in [6.07, 6.45) is 7.30. The predicted molar refractivity (Wildman–Crippen MR) is 118 cm³/mol. The zero-order valence-corrected chi connectivity index (χ0v) is 18.1. The average Bonchev–Trinajstić information content (AvgIpc) is 2.77. The quantitative estimate of drug-likeness (QED) is 0.481. The maximum atomic E-state index is 12.9. The number of ether oxygens (including phenoxy) is 1. The minimum absolute atomic E-state index is 0.0345. The summed E-state index contributed by atoms with van der Waals surface area (Å²) in [7, 11) is 1.57. The van der Waals surface area contributed by atoms with Crippen molar-refractivity contribution in [3.05, 3.63) is 65.0 Å². The van der Waals surface area contributed by atoms with Gasteiger partial charge in [0, 0.05) is 37.8 Å². The molecule has 1 unspecified atom stereocenters. The molecular formula is C25H32N2O3. The fraction of sp³-hybridized carbons (Fsp3) is 0.480. The standard InChI is InChI=1S/C25H32N2O3/c1-25(14-8-9-15-30-25)13-7-6-12-23(28)20-17-21(16-19-10-4-3-5-11-19)27-22(18-20)24(29)26-2/h3-5,10-11,17-18H,6-9,12-16H2,1-2H3,(H,26,29). The molecule has 1 aromatic carbocycles. The van der Waals surface area contributed by atoms with Crippen LogP contribution in [0.25, 0.3) is 0 Å². The first-order valence-corrected chi connectivity index (χ1v) is 10.9. The zero-order chi connectivity index (χ0) is 21.4. The molecule has 5 heteroatoms.